The number of aromatic nitrogens is 3. The lowest BCUT2D eigenvalue weighted by Crippen LogP contribution is -2.09. The Morgan fingerprint density at radius 1 is 1.27 bits per heavy atom. The highest BCUT2D eigenvalue weighted by Crippen LogP contribution is 2.29. The second-order valence-corrected chi connectivity index (χ2v) is 6.77. The molecular weight excluding hydrogens is 297 g/mol. The maximum atomic E-state index is 13.6. The molecule has 1 saturated heterocycles. The molecule has 1 aliphatic heterocycles. The molecule has 1 fully saturated rings. The van der Waals surface area contributed by atoms with Crippen LogP contribution in [0.25, 0.3) is 16.9 Å². The summed E-state index contributed by atoms with van der Waals surface area (Å²) in [4.78, 5) is 9.21. The normalized spacial score (nSPS) is 18.1. The number of thioether (sulfide) groups is 1. The van der Waals surface area contributed by atoms with Gasteiger partial charge in [-0.1, -0.05) is 6.07 Å². The van der Waals surface area contributed by atoms with Gasteiger partial charge in [0.1, 0.15) is 17.2 Å². The molecule has 0 N–H and O–H groups in total. The predicted octanol–water partition coefficient (Wildman–Crippen LogP) is 3.86. The van der Waals surface area contributed by atoms with Crippen LogP contribution in [0, 0.1) is 11.7 Å². The lowest BCUT2D eigenvalue weighted by Gasteiger charge is -2.11. The molecule has 112 valence electrons. The minimum atomic E-state index is -0.238. The minimum absolute atomic E-state index is 0.238. The number of pyridine rings is 1. The molecule has 5 heteroatoms. The molecule has 0 aliphatic carbocycles. The third kappa shape index (κ3) is 2.50. The number of hydrogen-bond acceptors (Lipinski definition) is 3. The molecular formula is C17H16FN3S. The quantitative estimate of drug-likeness (QED) is 0.736. The Kier molecular flexibility index (Phi) is 3.58. The van der Waals surface area contributed by atoms with Crippen LogP contribution in [0.2, 0.25) is 0 Å². The van der Waals surface area contributed by atoms with Crippen LogP contribution in [0.3, 0.4) is 0 Å². The molecule has 0 bridgehead atoms. The second-order valence-electron chi connectivity index (χ2n) is 5.62. The molecule has 4 rings (SSSR count). The average molecular weight is 313 g/mol. The molecule has 0 amide bonds. The van der Waals surface area contributed by atoms with E-state index in [4.69, 9.17) is 4.98 Å². The number of imidazole rings is 1. The number of rotatable bonds is 3. The Hall–Kier alpha value is -1.88. The zero-order chi connectivity index (χ0) is 14.9. The van der Waals surface area contributed by atoms with Crippen molar-refractivity contribution in [1.29, 1.82) is 0 Å². The van der Waals surface area contributed by atoms with E-state index >= 15 is 0 Å². The third-order valence-electron chi connectivity index (χ3n) is 4.05. The van der Waals surface area contributed by atoms with Crippen LogP contribution in [-0.2, 0) is 6.42 Å². The van der Waals surface area contributed by atoms with E-state index in [1.54, 1.807) is 18.3 Å². The first-order valence-corrected chi connectivity index (χ1v) is 8.63. The summed E-state index contributed by atoms with van der Waals surface area (Å²) in [7, 11) is 0. The number of halogens is 1. The Morgan fingerprint density at radius 3 is 3.05 bits per heavy atom. The maximum absolute atomic E-state index is 13.6. The first-order chi connectivity index (χ1) is 10.8. The largest absolute Gasteiger partial charge is 0.281 e. The van der Waals surface area contributed by atoms with Crippen molar-refractivity contribution >= 4 is 22.9 Å². The van der Waals surface area contributed by atoms with Gasteiger partial charge in [0, 0.05) is 12.6 Å². The van der Waals surface area contributed by atoms with Gasteiger partial charge in [-0.05, 0) is 54.2 Å². The number of fused-ring (bicyclic) bond motifs is 1. The van der Waals surface area contributed by atoms with Gasteiger partial charge in [-0.3, -0.25) is 4.57 Å². The Labute approximate surface area is 132 Å². The van der Waals surface area contributed by atoms with Gasteiger partial charge >= 0.3 is 0 Å². The molecule has 1 aliphatic rings. The number of nitrogens with zero attached hydrogens (tertiary/aromatic N) is 3. The van der Waals surface area contributed by atoms with Crippen LogP contribution in [0.15, 0.2) is 42.6 Å². The molecule has 1 atom stereocenters. The fraction of sp³-hybridized carbons (Fsp3) is 0.294. The summed E-state index contributed by atoms with van der Waals surface area (Å²) in [5.74, 6) is 3.79. The first kappa shape index (κ1) is 13.8. The summed E-state index contributed by atoms with van der Waals surface area (Å²) in [5, 5.41) is 0. The summed E-state index contributed by atoms with van der Waals surface area (Å²) in [6, 6.07) is 10.5. The highest BCUT2D eigenvalue weighted by atomic mass is 32.2. The highest BCUT2D eigenvalue weighted by Gasteiger charge is 2.21. The van der Waals surface area contributed by atoms with E-state index in [1.165, 1.54) is 24.0 Å². The van der Waals surface area contributed by atoms with E-state index in [-0.39, 0.29) is 5.82 Å². The first-order valence-electron chi connectivity index (χ1n) is 7.47. The average Bonchev–Trinajstić information content (AvgIpc) is 3.14. The Bertz CT molecular complexity index is 809. The van der Waals surface area contributed by atoms with Crippen molar-refractivity contribution in [3.05, 3.63) is 54.2 Å². The van der Waals surface area contributed by atoms with Gasteiger partial charge in [-0.15, -0.1) is 0 Å². The molecule has 0 spiro atoms. The van der Waals surface area contributed by atoms with Crippen LogP contribution in [0.4, 0.5) is 4.39 Å². The molecule has 3 nitrogen and oxygen atoms in total. The van der Waals surface area contributed by atoms with E-state index in [0.717, 1.165) is 29.1 Å². The summed E-state index contributed by atoms with van der Waals surface area (Å²) in [6.07, 6.45) is 3.90. The van der Waals surface area contributed by atoms with Gasteiger partial charge < -0.3 is 0 Å². The number of hydrogen-bond donors (Lipinski definition) is 0. The van der Waals surface area contributed by atoms with Gasteiger partial charge in [-0.25, -0.2) is 14.4 Å². The third-order valence-corrected chi connectivity index (χ3v) is 5.28. The van der Waals surface area contributed by atoms with E-state index in [0.29, 0.717) is 5.92 Å². The Morgan fingerprint density at radius 2 is 2.23 bits per heavy atom. The van der Waals surface area contributed by atoms with Gasteiger partial charge in [-0.2, -0.15) is 11.8 Å². The van der Waals surface area contributed by atoms with Crippen molar-refractivity contribution in [2.75, 3.05) is 11.5 Å². The van der Waals surface area contributed by atoms with Crippen molar-refractivity contribution in [2.24, 2.45) is 5.92 Å². The molecule has 1 unspecified atom stereocenters. The lowest BCUT2D eigenvalue weighted by molar-refractivity contribution is 0.571. The SMILES string of the molecule is Fc1cccc(-n2c(CC3CCSC3)nc3cccnc32)c1. The summed E-state index contributed by atoms with van der Waals surface area (Å²) >= 11 is 2.00. The molecule has 0 radical (unpaired) electrons. The number of benzene rings is 1. The summed E-state index contributed by atoms with van der Waals surface area (Å²) in [6.45, 7) is 0. The fourth-order valence-corrected chi connectivity index (χ4v) is 4.27. The van der Waals surface area contributed by atoms with Gasteiger partial charge in [0.25, 0.3) is 0 Å². The lowest BCUT2D eigenvalue weighted by atomic mass is 10.0. The predicted molar refractivity (Wildman–Crippen MR) is 88.0 cm³/mol. The summed E-state index contributed by atoms with van der Waals surface area (Å²) in [5.41, 5.74) is 2.46. The molecule has 3 aromatic rings. The van der Waals surface area contributed by atoms with Gasteiger partial charge in [0.05, 0.1) is 5.69 Å². The summed E-state index contributed by atoms with van der Waals surface area (Å²) < 4.78 is 15.6. The molecule has 0 saturated carbocycles. The molecule has 1 aromatic carbocycles. The van der Waals surface area contributed by atoms with Gasteiger partial charge in [0.15, 0.2) is 5.65 Å². The fourth-order valence-electron chi connectivity index (χ4n) is 2.99. The maximum Gasteiger partial charge on any atom is 0.164 e. The molecule has 22 heavy (non-hydrogen) atoms. The standard InChI is InChI=1S/C17H16FN3S/c18-13-3-1-4-14(10-13)21-16(9-12-6-8-22-11-12)20-15-5-2-7-19-17(15)21/h1-5,7,10,12H,6,8-9,11H2. The Balaban J connectivity index is 1.85. The van der Waals surface area contributed by atoms with Crippen molar-refractivity contribution in [2.45, 2.75) is 12.8 Å². The van der Waals surface area contributed by atoms with Crippen LogP contribution in [0.5, 0.6) is 0 Å². The zero-order valence-electron chi connectivity index (χ0n) is 12.1. The van der Waals surface area contributed by atoms with Gasteiger partial charge in [0.2, 0.25) is 0 Å². The molecule has 2 aromatic heterocycles. The minimum Gasteiger partial charge on any atom is -0.281 e. The van der Waals surface area contributed by atoms with Crippen LogP contribution >= 0.6 is 11.8 Å². The highest BCUT2D eigenvalue weighted by molar-refractivity contribution is 7.99. The van der Waals surface area contributed by atoms with E-state index in [1.807, 2.05) is 34.5 Å². The van der Waals surface area contributed by atoms with Crippen molar-refractivity contribution in [1.82, 2.24) is 14.5 Å². The van der Waals surface area contributed by atoms with E-state index in [2.05, 4.69) is 4.98 Å². The van der Waals surface area contributed by atoms with Crippen molar-refractivity contribution in [3.63, 3.8) is 0 Å². The smallest absolute Gasteiger partial charge is 0.164 e. The topological polar surface area (TPSA) is 30.7 Å². The van der Waals surface area contributed by atoms with E-state index in [9.17, 15) is 4.39 Å². The van der Waals surface area contributed by atoms with Crippen LogP contribution in [0.1, 0.15) is 12.2 Å². The van der Waals surface area contributed by atoms with Crippen molar-refractivity contribution < 1.29 is 4.39 Å². The van der Waals surface area contributed by atoms with E-state index < -0.39 is 0 Å². The molecule has 3 heterocycles. The second kappa shape index (κ2) is 5.72. The zero-order valence-corrected chi connectivity index (χ0v) is 12.9. The monoisotopic (exact) mass is 313 g/mol. The van der Waals surface area contributed by atoms with Crippen LogP contribution < -0.4 is 0 Å². The van der Waals surface area contributed by atoms with Crippen molar-refractivity contribution in [3.8, 4) is 5.69 Å². The van der Waals surface area contributed by atoms with Crippen LogP contribution in [-0.4, -0.2) is 26.0 Å².